The first-order chi connectivity index (χ1) is 11.9. The fraction of sp³-hybridized carbons (Fsp3) is 0.167. The molecule has 0 aliphatic rings. The lowest BCUT2D eigenvalue weighted by atomic mass is 9.86. The van der Waals surface area contributed by atoms with E-state index < -0.39 is 0 Å². The van der Waals surface area contributed by atoms with Gasteiger partial charge in [-0.15, -0.1) is 0 Å². The molecule has 0 radical (unpaired) electrons. The average molecular weight is 310 g/mol. The maximum atomic E-state index is 2.29. The van der Waals surface area contributed by atoms with Crippen molar-refractivity contribution in [2.75, 3.05) is 0 Å². The molecule has 0 amide bonds. The van der Waals surface area contributed by atoms with Gasteiger partial charge in [-0.25, -0.2) is 0 Å². The number of fused-ring (bicyclic) bond motifs is 3. The molecule has 0 saturated carbocycles. The minimum Gasteiger partial charge on any atom is -0.0654 e. The van der Waals surface area contributed by atoms with Crippen LogP contribution in [0.1, 0.15) is 25.3 Å². The van der Waals surface area contributed by atoms with Gasteiger partial charge in [-0.1, -0.05) is 92.2 Å². The largest absolute Gasteiger partial charge is 0.0654 e. The van der Waals surface area contributed by atoms with Crippen LogP contribution in [0.15, 0.2) is 78.9 Å². The molecule has 0 heteroatoms. The zero-order valence-electron chi connectivity index (χ0n) is 14.1. The van der Waals surface area contributed by atoms with Crippen LogP contribution in [-0.2, 0) is 6.42 Å². The van der Waals surface area contributed by atoms with E-state index in [4.69, 9.17) is 0 Å². The minimum absolute atomic E-state index is 1.13. The van der Waals surface area contributed by atoms with Gasteiger partial charge in [-0.3, -0.25) is 0 Å². The van der Waals surface area contributed by atoms with E-state index in [9.17, 15) is 0 Å². The van der Waals surface area contributed by atoms with Crippen LogP contribution in [-0.4, -0.2) is 0 Å². The molecular weight excluding hydrogens is 288 g/mol. The van der Waals surface area contributed by atoms with E-state index in [1.165, 1.54) is 51.1 Å². The van der Waals surface area contributed by atoms with Gasteiger partial charge in [-0.2, -0.15) is 0 Å². The Hall–Kier alpha value is -2.60. The van der Waals surface area contributed by atoms with E-state index in [0.29, 0.717) is 0 Å². The standard InChI is InChI=1S/C24H22/c1-2-3-13-22-20-15-8-7-14-19(20)21-16-9-10-17-23(21)24(22)18-11-5-4-6-12-18/h4-12,14-17H,2-3,13H2,1H3. The third kappa shape index (κ3) is 2.49. The Morgan fingerprint density at radius 1 is 0.583 bits per heavy atom. The summed E-state index contributed by atoms with van der Waals surface area (Å²) < 4.78 is 0. The van der Waals surface area contributed by atoms with E-state index in [1.54, 1.807) is 0 Å². The van der Waals surface area contributed by atoms with Crippen LogP contribution in [0.2, 0.25) is 0 Å². The zero-order chi connectivity index (χ0) is 16.4. The highest BCUT2D eigenvalue weighted by Crippen LogP contribution is 2.39. The smallest absolute Gasteiger partial charge is 0.00669 e. The number of unbranched alkanes of at least 4 members (excludes halogenated alkanes) is 1. The van der Waals surface area contributed by atoms with Gasteiger partial charge in [0.1, 0.15) is 0 Å². The zero-order valence-corrected chi connectivity index (χ0v) is 14.1. The fourth-order valence-corrected chi connectivity index (χ4v) is 3.76. The van der Waals surface area contributed by atoms with Crippen LogP contribution in [0.3, 0.4) is 0 Å². The van der Waals surface area contributed by atoms with Crippen molar-refractivity contribution in [3.63, 3.8) is 0 Å². The normalized spacial score (nSPS) is 11.2. The van der Waals surface area contributed by atoms with Crippen molar-refractivity contribution in [3.8, 4) is 11.1 Å². The van der Waals surface area contributed by atoms with Gasteiger partial charge in [-0.05, 0) is 51.1 Å². The molecule has 0 unspecified atom stereocenters. The molecule has 0 N–H and O–H groups in total. The molecule has 4 rings (SSSR count). The molecule has 0 spiro atoms. The maximum Gasteiger partial charge on any atom is -0.00669 e. The van der Waals surface area contributed by atoms with Crippen LogP contribution in [0, 0.1) is 0 Å². The molecular formula is C24H22. The van der Waals surface area contributed by atoms with Crippen molar-refractivity contribution in [3.05, 3.63) is 84.4 Å². The SMILES string of the molecule is CCCCc1c(-c2ccccc2)c2ccccc2c2ccccc12. The molecule has 0 atom stereocenters. The molecule has 118 valence electrons. The summed E-state index contributed by atoms with van der Waals surface area (Å²) in [4.78, 5) is 0. The number of hydrogen-bond donors (Lipinski definition) is 0. The second-order valence-electron chi connectivity index (χ2n) is 6.41. The van der Waals surface area contributed by atoms with Crippen molar-refractivity contribution in [1.29, 1.82) is 0 Å². The predicted molar refractivity (Wildman–Crippen MR) is 106 cm³/mol. The highest BCUT2D eigenvalue weighted by Gasteiger charge is 2.14. The van der Waals surface area contributed by atoms with Crippen molar-refractivity contribution >= 4 is 21.5 Å². The Balaban J connectivity index is 2.16. The summed E-state index contributed by atoms with van der Waals surface area (Å²) in [5.74, 6) is 0. The van der Waals surface area contributed by atoms with Crippen LogP contribution < -0.4 is 0 Å². The molecule has 4 aromatic carbocycles. The molecule has 0 fully saturated rings. The third-order valence-electron chi connectivity index (χ3n) is 4.88. The molecule has 0 saturated heterocycles. The van der Waals surface area contributed by atoms with Gasteiger partial charge in [0.05, 0.1) is 0 Å². The average Bonchev–Trinajstić information content (AvgIpc) is 2.66. The van der Waals surface area contributed by atoms with Gasteiger partial charge >= 0.3 is 0 Å². The first-order valence-corrected chi connectivity index (χ1v) is 8.88. The van der Waals surface area contributed by atoms with Gasteiger partial charge < -0.3 is 0 Å². The topological polar surface area (TPSA) is 0 Å². The molecule has 24 heavy (non-hydrogen) atoms. The number of benzene rings is 4. The van der Waals surface area contributed by atoms with Crippen molar-refractivity contribution < 1.29 is 0 Å². The molecule has 0 bridgehead atoms. The highest BCUT2D eigenvalue weighted by atomic mass is 14.2. The lowest BCUT2D eigenvalue weighted by Gasteiger charge is -2.18. The van der Waals surface area contributed by atoms with E-state index in [0.717, 1.165) is 6.42 Å². The van der Waals surface area contributed by atoms with Crippen LogP contribution in [0.4, 0.5) is 0 Å². The van der Waals surface area contributed by atoms with Gasteiger partial charge in [0.15, 0.2) is 0 Å². The Kier molecular flexibility index (Phi) is 4.04. The summed E-state index contributed by atoms with van der Waals surface area (Å²) in [6, 6.07) is 28.6. The van der Waals surface area contributed by atoms with Crippen molar-refractivity contribution in [2.24, 2.45) is 0 Å². The minimum atomic E-state index is 1.13. The van der Waals surface area contributed by atoms with Gasteiger partial charge in [0, 0.05) is 0 Å². The predicted octanol–water partition coefficient (Wildman–Crippen LogP) is 7.00. The molecule has 4 aromatic rings. The second kappa shape index (κ2) is 6.49. The van der Waals surface area contributed by atoms with E-state index in [2.05, 4.69) is 85.8 Å². The molecule has 0 heterocycles. The van der Waals surface area contributed by atoms with E-state index >= 15 is 0 Å². The quantitative estimate of drug-likeness (QED) is 0.356. The number of hydrogen-bond acceptors (Lipinski definition) is 0. The summed E-state index contributed by atoms with van der Waals surface area (Å²) in [5, 5.41) is 5.50. The summed E-state index contributed by atoms with van der Waals surface area (Å²) in [6.07, 6.45) is 3.57. The summed E-state index contributed by atoms with van der Waals surface area (Å²) in [7, 11) is 0. The lowest BCUT2D eigenvalue weighted by Crippen LogP contribution is -1.95. The number of rotatable bonds is 4. The summed E-state index contributed by atoms with van der Waals surface area (Å²) in [5.41, 5.74) is 4.24. The number of aryl methyl sites for hydroxylation is 1. The van der Waals surface area contributed by atoms with E-state index in [1.807, 2.05) is 0 Å². The van der Waals surface area contributed by atoms with E-state index in [-0.39, 0.29) is 0 Å². The lowest BCUT2D eigenvalue weighted by molar-refractivity contribution is 0.800. The van der Waals surface area contributed by atoms with Crippen LogP contribution in [0.25, 0.3) is 32.7 Å². The Morgan fingerprint density at radius 3 is 1.79 bits per heavy atom. The maximum absolute atomic E-state index is 2.29. The molecule has 0 nitrogen and oxygen atoms in total. The Labute approximate surface area is 143 Å². The first kappa shape index (κ1) is 15.0. The molecule has 0 aromatic heterocycles. The molecule has 0 aliphatic carbocycles. The Bertz CT molecular complexity index is 981. The van der Waals surface area contributed by atoms with Gasteiger partial charge in [0.2, 0.25) is 0 Å². The summed E-state index contributed by atoms with van der Waals surface area (Å²) in [6.45, 7) is 2.27. The molecule has 0 aliphatic heterocycles. The van der Waals surface area contributed by atoms with Crippen LogP contribution in [0.5, 0.6) is 0 Å². The van der Waals surface area contributed by atoms with Crippen molar-refractivity contribution in [2.45, 2.75) is 26.2 Å². The summed E-state index contributed by atoms with van der Waals surface area (Å²) >= 11 is 0. The van der Waals surface area contributed by atoms with Crippen LogP contribution >= 0.6 is 0 Å². The van der Waals surface area contributed by atoms with Crippen molar-refractivity contribution in [1.82, 2.24) is 0 Å². The third-order valence-corrected chi connectivity index (χ3v) is 4.88. The highest BCUT2D eigenvalue weighted by molar-refractivity contribution is 6.15. The monoisotopic (exact) mass is 310 g/mol. The Morgan fingerprint density at radius 2 is 1.12 bits per heavy atom. The first-order valence-electron chi connectivity index (χ1n) is 8.88. The fourth-order valence-electron chi connectivity index (χ4n) is 3.76. The van der Waals surface area contributed by atoms with Gasteiger partial charge in [0.25, 0.3) is 0 Å². The second-order valence-corrected chi connectivity index (χ2v) is 6.41.